The fourth-order valence-electron chi connectivity index (χ4n) is 3.40. The van der Waals surface area contributed by atoms with E-state index in [2.05, 4.69) is 12.2 Å². The van der Waals surface area contributed by atoms with Gasteiger partial charge in [0.05, 0.1) is 19.1 Å². The molecule has 3 amide bonds. The third-order valence-corrected chi connectivity index (χ3v) is 5.06. The summed E-state index contributed by atoms with van der Waals surface area (Å²) in [5, 5.41) is 2.86. The minimum atomic E-state index is -0.316. The zero-order chi connectivity index (χ0) is 19.2. The fraction of sp³-hybridized carbons (Fsp3) is 0.550. The van der Waals surface area contributed by atoms with Crippen molar-refractivity contribution in [2.24, 2.45) is 5.92 Å². The van der Waals surface area contributed by atoms with Crippen molar-refractivity contribution in [2.45, 2.75) is 26.2 Å². The van der Waals surface area contributed by atoms with Crippen LogP contribution < -0.4 is 5.32 Å². The van der Waals surface area contributed by atoms with E-state index in [4.69, 9.17) is 4.74 Å². The van der Waals surface area contributed by atoms with Crippen LogP contribution in [0.25, 0.3) is 0 Å². The largest absolute Gasteiger partial charge is 0.378 e. The zero-order valence-electron chi connectivity index (χ0n) is 15.8. The van der Waals surface area contributed by atoms with Gasteiger partial charge in [-0.15, -0.1) is 0 Å². The zero-order valence-corrected chi connectivity index (χ0v) is 15.8. The molecule has 0 saturated carbocycles. The van der Waals surface area contributed by atoms with E-state index < -0.39 is 0 Å². The number of rotatable bonds is 6. The maximum atomic E-state index is 12.5. The average Bonchev–Trinajstić information content (AvgIpc) is 3.08. The van der Waals surface area contributed by atoms with Crippen LogP contribution in [0.2, 0.25) is 0 Å². The molecule has 0 spiro atoms. The highest BCUT2D eigenvalue weighted by Gasteiger charge is 2.33. The van der Waals surface area contributed by atoms with Crippen molar-refractivity contribution in [3.63, 3.8) is 0 Å². The lowest BCUT2D eigenvalue weighted by Gasteiger charge is -2.26. The number of amides is 3. The summed E-state index contributed by atoms with van der Waals surface area (Å²) in [5.41, 5.74) is 1.23. The number of anilines is 1. The Bertz CT molecular complexity index is 683. The molecule has 1 atom stereocenters. The molecule has 2 fully saturated rings. The maximum Gasteiger partial charge on any atom is 0.254 e. The van der Waals surface area contributed by atoms with E-state index in [1.165, 1.54) is 0 Å². The van der Waals surface area contributed by atoms with Gasteiger partial charge in [0.2, 0.25) is 11.8 Å². The molecule has 2 saturated heterocycles. The Morgan fingerprint density at radius 2 is 1.89 bits per heavy atom. The second kappa shape index (κ2) is 8.99. The van der Waals surface area contributed by atoms with Crippen LogP contribution in [0, 0.1) is 5.92 Å². The van der Waals surface area contributed by atoms with Crippen LogP contribution in [0.5, 0.6) is 0 Å². The van der Waals surface area contributed by atoms with E-state index in [9.17, 15) is 14.4 Å². The molecular weight excluding hydrogens is 346 g/mol. The Morgan fingerprint density at radius 3 is 2.56 bits per heavy atom. The van der Waals surface area contributed by atoms with Gasteiger partial charge in [-0.25, -0.2) is 0 Å². The van der Waals surface area contributed by atoms with Gasteiger partial charge in [0.15, 0.2) is 0 Å². The molecule has 7 nitrogen and oxygen atoms in total. The first kappa shape index (κ1) is 19.4. The molecule has 0 aromatic heterocycles. The Kier molecular flexibility index (Phi) is 6.45. The number of unbranched alkanes of at least 4 members (excludes halogenated alkanes) is 1. The van der Waals surface area contributed by atoms with E-state index in [-0.39, 0.29) is 30.1 Å². The third kappa shape index (κ3) is 4.86. The standard InChI is InChI=1S/C20H27N3O4/c1-2-3-8-23-14-16(13-18(23)24)19(25)21-17-6-4-15(5-7-17)20(26)22-9-11-27-12-10-22/h4-7,16H,2-3,8-14H2,1H3,(H,21,25)/t16-/m0/s1. The Labute approximate surface area is 159 Å². The molecule has 0 radical (unpaired) electrons. The van der Waals surface area contributed by atoms with Gasteiger partial charge in [-0.3, -0.25) is 14.4 Å². The number of hydrogen-bond donors (Lipinski definition) is 1. The molecule has 0 aliphatic carbocycles. The number of carbonyl (C=O) groups is 3. The molecular formula is C20H27N3O4. The van der Waals surface area contributed by atoms with E-state index in [1.807, 2.05) is 0 Å². The second-order valence-electron chi connectivity index (χ2n) is 7.07. The number of nitrogens with one attached hydrogen (secondary N) is 1. The van der Waals surface area contributed by atoms with Crippen molar-refractivity contribution < 1.29 is 19.1 Å². The van der Waals surface area contributed by atoms with Crippen LogP contribution in [0.3, 0.4) is 0 Å². The molecule has 0 bridgehead atoms. The summed E-state index contributed by atoms with van der Waals surface area (Å²) in [6.07, 6.45) is 2.25. The first-order valence-electron chi connectivity index (χ1n) is 9.64. The van der Waals surface area contributed by atoms with Gasteiger partial charge in [0, 0.05) is 43.9 Å². The molecule has 0 unspecified atom stereocenters. The molecule has 1 N–H and O–H groups in total. The number of morpholine rings is 1. The summed E-state index contributed by atoms with van der Waals surface area (Å²) < 4.78 is 5.27. The number of ether oxygens (including phenoxy) is 1. The van der Waals surface area contributed by atoms with Gasteiger partial charge in [0.25, 0.3) is 5.91 Å². The summed E-state index contributed by atoms with van der Waals surface area (Å²) in [6.45, 7) is 5.61. The third-order valence-electron chi connectivity index (χ3n) is 5.06. The van der Waals surface area contributed by atoms with Gasteiger partial charge in [-0.2, -0.15) is 0 Å². The van der Waals surface area contributed by atoms with Crippen molar-refractivity contribution in [1.29, 1.82) is 0 Å². The van der Waals surface area contributed by atoms with Crippen LogP contribution in [0.15, 0.2) is 24.3 Å². The fourth-order valence-corrected chi connectivity index (χ4v) is 3.40. The minimum Gasteiger partial charge on any atom is -0.378 e. The lowest BCUT2D eigenvalue weighted by atomic mass is 10.1. The van der Waals surface area contributed by atoms with Crippen LogP contribution in [-0.2, 0) is 14.3 Å². The Morgan fingerprint density at radius 1 is 1.19 bits per heavy atom. The van der Waals surface area contributed by atoms with Crippen molar-refractivity contribution >= 4 is 23.4 Å². The van der Waals surface area contributed by atoms with Crippen LogP contribution in [0.1, 0.15) is 36.5 Å². The first-order chi connectivity index (χ1) is 13.1. The summed E-state index contributed by atoms with van der Waals surface area (Å²) in [5.74, 6) is -0.433. The topological polar surface area (TPSA) is 79.0 Å². The van der Waals surface area contributed by atoms with Crippen molar-refractivity contribution in [3.05, 3.63) is 29.8 Å². The number of nitrogens with zero attached hydrogens (tertiary/aromatic N) is 2. The molecule has 1 aromatic carbocycles. The summed E-state index contributed by atoms with van der Waals surface area (Å²) >= 11 is 0. The molecule has 7 heteroatoms. The van der Waals surface area contributed by atoms with Crippen molar-refractivity contribution in [2.75, 3.05) is 44.7 Å². The van der Waals surface area contributed by atoms with Crippen molar-refractivity contribution in [1.82, 2.24) is 9.80 Å². The highest BCUT2D eigenvalue weighted by atomic mass is 16.5. The molecule has 1 aromatic rings. The van der Waals surface area contributed by atoms with Gasteiger partial charge >= 0.3 is 0 Å². The quantitative estimate of drug-likeness (QED) is 0.824. The van der Waals surface area contributed by atoms with E-state index >= 15 is 0 Å². The number of hydrogen-bond acceptors (Lipinski definition) is 4. The summed E-state index contributed by atoms with van der Waals surface area (Å²) in [6, 6.07) is 6.91. The van der Waals surface area contributed by atoms with Crippen LogP contribution in [0.4, 0.5) is 5.69 Å². The highest BCUT2D eigenvalue weighted by molar-refractivity contribution is 5.98. The van der Waals surface area contributed by atoms with Gasteiger partial charge in [-0.05, 0) is 30.7 Å². The average molecular weight is 373 g/mol. The first-order valence-corrected chi connectivity index (χ1v) is 9.64. The molecule has 27 heavy (non-hydrogen) atoms. The SMILES string of the molecule is CCCCN1C[C@@H](C(=O)Nc2ccc(C(=O)N3CCOCC3)cc2)CC1=O. The highest BCUT2D eigenvalue weighted by Crippen LogP contribution is 2.21. The molecule has 2 aliphatic heterocycles. The van der Waals surface area contributed by atoms with Crippen molar-refractivity contribution in [3.8, 4) is 0 Å². The smallest absolute Gasteiger partial charge is 0.254 e. The monoisotopic (exact) mass is 373 g/mol. The number of likely N-dealkylation sites (tertiary alicyclic amines) is 1. The molecule has 3 rings (SSSR count). The normalized spacial score (nSPS) is 20.0. The maximum absolute atomic E-state index is 12.5. The predicted octanol–water partition coefficient (Wildman–Crippen LogP) is 1.75. The Hall–Kier alpha value is -2.41. The molecule has 146 valence electrons. The Balaban J connectivity index is 1.54. The van der Waals surface area contributed by atoms with Gasteiger partial charge < -0.3 is 19.9 Å². The lowest BCUT2D eigenvalue weighted by Crippen LogP contribution is -2.40. The van der Waals surface area contributed by atoms with Gasteiger partial charge in [0.1, 0.15) is 0 Å². The van der Waals surface area contributed by atoms with E-state index in [0.717, 1.165) is 19.4 Å². The van der Waals surface area contributed by atoms with Crippen LogP contribution in [-0.4, -0.2) is 66.9 Å². The minimum absolute atomic E-state index is 0.0240. The molecule has 2 aliphatic rings. The second-order valence-corrected chi connectivity index (χ2v) is 7.07. The predicted molar refractivity (Wildman–Crippen MR) is 101 cm³/mol. The van der Waals surface area contributed by atoms with E-state index in [0.29, 0.717) is 44.1 Å². The summed E-state index contributed by atoms with van der Waals surface area (Å²) in [7, 11) is 0. The lowest BCUT2D eigenvalue weighted by molar-refractivity contribution is -0.128. The number of benzene rings is 1. The van der Waals surface area contributed by atoms with Gasteiger partial charge in [-0.1, -0.05) is 13.3 Å². The van der Waals surface area contributed by atoms with Crippen LogP contribution >= 0.6 is 0 Å². The summed E-state index contributed by atoms with van der Waals surface area (Å²) in [4.78, 5) is 40.5. The van der Waals surface area contributed by atoms with E-state index in [1.54, 1.807) is 34.1 Å². The molecule has 2 heterocycles. The number of carbonyl (C=O) groups excluding carboxylic acids is 3.